The van der Waals surface area contributed by atoms with Crippen molar-refractivity contribution in [2.45, 2.75) is 18.8 Å². The number of halogens is 3. The van der Waals surface area contributed by atoms with Crippen LogP contribution < -0.4 is 5.73 Å². The molecule has 2 heterocycles. The van der Waals surface area contributed by atoms with Gasteiger partial charge >= 0.3 is 6.18 Å². The summed E-state index contributed by atoms with van der Waals surface area (Å²) in [6, 6.07) is 5.46. The number of alkyl halides is 3. The highest BCUT2D eigenvalue weighted by Gasteiger charge is 2.39. The standard InChI is InChI=1S/C16H18F3N5O2/c1-22-6-7-23(8-12(22)14(20)26)13(25)9-24-11-5-3-2-4-10(11)21-15(24)16(17,18)19/h2-5,12H,6-9H2,1H3,(H2,20,26)/t12-/m1/s1. The normalized spacial score (nSPS) is 19.1. The Morgan fingerprint density at radius 3 is 2.62 bits per heavy atom. The van der Waals surface area contributed by atoms with Crippen LogP contribution in [0, 0.1) is 0 Å². The van der Waals surface area contributed by atoms with E-state index in [4.69, 9.17) is 5.73 Å². The van der Waals surface area contributed by atoms with E-state index in [-0.39, 0.29) is 17.6 Å². The van der Waals surface area contributed by atoms with Crippen molar-refractivity contribution >= 4 is 22.8 Å². The first kappa shape index (κ1) is 18.2. The van der Waals surface area contributed by atoms with Crippen molar-refractivity contribution in [3.8, 4) is 0 Å². The molecule has 26 heavy (non-hydrogen) atoms. The second-order valence-corrected chi connectivity index (χ2v) is 6.25. The van der Waals surface area contributed by atoms with Gasteiger partial charge in [0.2, 0.25) is 17.6 Å². The van der Waals surface area contributed by atoms with Crippen LogP contribution in [-0.4, -0.2) is 63.9 Å². The largest absolute Gasteiger partial charge is 0.449 e. The predicted octanol–water partition coefficient (Wildman–Crippen LogP) is 0.683. The highest BCUT2D eigenvalue weighted by Crippen LogP contribution is 2.31. The number of para-hydroxylation sites is 2. The Morgan fingerprint density at radius 1 is 1.27 bits per heavy atom. The van der Waals surface area contributed by atoms with Gasteiger partial charge in [0.15, 0.2) is 0 Å². The van der Waals surface area contributed by atoms with Gasteiger partial charge < -0.3 is 15.2 Å². The number of carbonyl (C=O) groups excluding carboxylic acids is 2. The predicted molar refractivity (Wildman–Crippen MR) is 86.9 cm³/mol. The summed E-state index contributed by atoms with van der Waals surface area (Å²) in [4.78, 5) is 30.8. The smallest absolute Gasteiger partial charge is 0.368 e. The van der Waals surface area contributed by atoms with E-state index >= 15 is 0 Å². The van der Waals surface area contributed by atoms with Gasteiger partial charge in [0.1, 0.15) is 12.6 Å². The molecule has 1 atom stereocenters. The molecule has 1 fully saturated rings. The van der Waals surface area contributed by atoms with Crippen molar-refractivity contribution in [2.24, 2.45) is 5.73 Å². The van der Waals surface area contributed by atoms with Gasteiger partial charge in [-0.25, -0.2) is 4.98 Å². The fourth-order valence-corrected chi connectivity index (χ4v) is 3.09. The Balaban J connectivity index is 1.89. The zero-order valence-electron chi connectivity index (χ0n) is 14.0. The monoisotopic (exact) mass is 369 g/mol. The first-order chi connectivity index (χ1) is 12.2. The van der Waals surface area contributed by atoms with E-state index in [0.717, 1.165) is 4.57 Å². The van der Waals surface area contributed by atoms with Crippen LogP contribution in [0.25, 0.3) is 11.0 Å². The Hall–Kier alpha value is -2.62. The second-order valence-electron chi connectivity index (χ2n) is 6.25. The minimum Gasteiger partial charge on any atom is -0.368 e. The van der Waals surface area contributed by atoms with E-state index in [1.165, 1.54) is 17.0 Å². The molecule has 1 aromatic carbocycles. The Morgan fingerprint density at radius 2 is 1.96 bits per heavy atom. The summed E-state index contributed by atoms with van der Waals surface area (Å²) in [7, 11) is 1.71. The molecule has 0 saturated carbocycles. The lowest BCUT2D eigenvalue weighted by Gasteiger charge is -2.37. The molecule has 1 aromatic heterocycles. The third kappa shape index (κ3) is 3.36. The van der Waals surface area contributed by atoms with Crippen LogP contribution in [0.5, 0.6) is 0 Å². The zero-order valence-corrected chi connectivity index (χ0v) is 14.0. The summed E-state index contributed by atoms with van der Waals surface area (Å²) >= 11 is 0. The molecule has 3 rings (SSSR count). The lowest BCUT2D eigenvalue weighted by atomic mass is 10.1. The third-order valence-electron chi connectivity index (χ3n) is 4.53. The number of nitrogens with zero attached hydrogens (tertiary/aromatic N) is 4. The van der Waals surface area contributed by atoms with Gasteiger partial charge in [-0.1, -0.05) is 12.1 Å². The first-order valence-corrected chi connectivity index (χ1v) is 7.98. The summed E-state index contributed by atoms with van der Waals surface area (Å²) in [5, 5.41) is 0. The lowest BCUT2D eigenvalue weighted by molar-refractivity contribution is -0.148. The van der Waals surface area contributed by atoms with Gasteiger partial charge in [0.05, 0.1) is 11.0 Å². The molecule has 10 heteroatoms. The number of imidazole rings is 1. The van der Waals surface area contributed by atoms with Gasteiger partial charge in [0, 0.05) is 19.6 Å². The molecule has 2 amide bonds. The van der Waals surface area contributed by atoms with Crippen LogP contribution in [0.3, 0.4) is 0 Å². The molecule has 0 spiro atoms. The maximum atomic E-state index is 13.3. The van der Waals surface area contributed by atoms with Crippen LogP contribution in [0.1, 0.15) is 5.82 Å². The molecule has 1 aliphatic rings. The number of aromatic nitrogens is 2. The molecule has 0 radical (unpaired) electrons. The maximum Gasteiger partial charge on any atom is 0.449 e. The molecular formula is C16H18F3N5O2. The van der Waals surface area contributed by atoms with Crippen molar-refractivity contribution < 1.29 is 22.8 Å². The van der Waals surface area contributed by atoms with Crippen LogP contribution in [0.2, 0.25) is 0 Å². The van der Waals surface area contributed by atoms with E-state index < -0.39 is 36.4 Å². The Labute approximate surface area is 147 Å². The van der Waals surface area contributed by atoms with Gasteiger partial charge in [-0.3, -0.25) is 14.5 Å². The summed E-state index contributed by atoms with van der Waals surface area (Å²) < 4.78 is 40.8. The van der Waals surface area contributed by atoms with E-state index in [0.29, 0.717) is 13.1 Å². The Kier molecular flexibility index (Phi) is 4.61. The number of amides is 2. The molecule has 0 aliphatic carbocycles. The minimum atomic E-state index is -4.68. The lowest BCUT2D eigenvalue weighted by Crippen LogP contribution is -2.58. The fraction of sp³-hybridized carbons (Fsp3) is 0.438. The van der Waals surface area contributed by atoms with Gasteiger partial charge in [-0.2, -0.15) is 13.2 Å². The maximum absolute atomic E-state index is 13.3. The van der Waals surface area contributed by atoms with Crippen LogP contribution in [-0.2, 0) is 22.3 Å². The number of likely N-dealkylation sites (N-methyl/N-ethyl adjacent to an activating group) is 1. The molecule has 1 aliphatic heterocycles. The van der Waals surface area contributed by atoms with Gasteiger partial charge in [-0.05, 0) is 19.2 Å². The fourth-order valence-electron chi connectivity index (χ4n) is 3.09. The first-order valence-electron chi connectivity index (χ1n) is 7.98. The highest BCUT2D eigenvalue weighted by molar-refractivity contribution is 5.84. The summed E-state index contributed by atoms with van der Waals surface area (Å²) in [5.41, 5.74) is 5.73. The van der Waals surface area contributed by atoms with E-state index in [9.17, 15) is 22.8 Å². The second kappa shape index (κ2) is 6.60. The number of hydrogen-bond acceptors (Lipinski definition) is 4. The Bertz CT molecular complexity index is 848. The summed E-state index contributed by atoms with van der Waals surface area (Å²) in [6.45, 7) is 0.270. The highest BCUT2D eigenvalue weighted by atomic mass is 19.4. The van der Waals surface area contributed by atoms with Gasteiger partial charge in [0.25, 0.3) is 0 Å². The molecule has 140 valence electrons. The number of benzene rings is 1. The van der Waals surface area contributed by atoms with Crippen molar-refractivity contribution in [1.82, 2.24) is 19.4 Å². The van der Waals surface area contributed by atoms with Crippen LogP contribution >= 0.6 is 0 Å². The average Bonchev–Trinajstić information content (AvgIpc) is 2.94. The van der Waals surface area contributed by atoms with Gasteiger partial charge in [-0.15, -0.1) is 0 Å². The van der Waals surface area contributed by atoms with E-state index in [1.54, 1.807) is 24.1 Å². The number of fused-ring (bicyclic) bond motifs is 1. The molecule has 7 nitrogen and oxygen atoms in total. The number of piperazine rings is 1. The molecule has 1 saturated heterocycles. The van der Waals surface area contributed by atoms with Crippen molar-refractivity contribution in [2.75, 3.05) is 26.7 Å². The molecule has 0 unspecified atom stereocenters. The van der Waals surface area contributed by atoms with Crippen molar-refractivity contribution in [3.05, 3.63) is 30.1 Å². The molecular weight excluding hydrogens is 351 g/mol. The number of nitrogens with two attached hydrogens (primary N) is 1. The van der Waals surface area contributed by atoms with Crippen molar-refractivity contribution in [1.29, 1.82) is 0 Å². The van der Waals surface area contributed by atoms with Crippen LogP contribution in [0.15, 0.2) is 24.3 Å². The number of primary amides is 1. The molecule has 0 bridgehead atoms. The number of rotatable bonds is 3. The average molecular weight is 369 g/mol. The third-order valence-corrected chi connectivity index (χ3v) is 4.53. The van der Waals surface area contributed by atoms with E-state index in [2.05, 4.69) is 4.98 Å². The minimum absolute atomic E-state index is 0.0542. The SMILES string of the molecule is CN1CCN(C(=O)Cn2c(C(F)(F)F)nc3ccccc32)C[C@@H]1C(N)=O. The molecule has 2 N–H and O–H groups in total. The zero-order chi connectivity index (χ0) is 19.1. The summed E-state index contributed by atoms with van der Waals surface area (Å²) in [6.07, 6.45) is -4.68. The molecule has 2 aromatic rings. The number of carbonyl (C=O) groups is 2. The van der Waals surface area contributed by atoms with Crippen molar-refractivity contribution in [3.63, 3.8) is 0 Å². The number of hydrogen-bond donors (Lipinski definition) is 1. The topological polar surface area (TPSA) is 84.5 Å². The van der Waals surface area contributed by atoms with Crippen LogP contribution in [0.4, 0.5) is 13.2 Å². The quantitative estimate of drug-likeness (QED) is 0.863. The van der Waals surface area contributed by atoms with E-state index in [1.807, 2.05) is 0 Å². The summed E-state index contributed by atoms with van der Waals surface area (Å²) in [5.74, 6) is -2.21.